The van der Waals surface area contributed by atoms with Crippen LogP contribution in [0.3, 0.4) is 0 Å². The van der Waals surface area contributed by atoms with Gasteiger partial charge in [0, 0.05) is 6.54 Å². The summed E-state index contributed by atoms with van der Waals surface area (Å²) in [6.45, 7) is 2.18. The Bertz CT molecular complexity index is 533. The lowest BCUT2D eigenvalue weighted by molar-refractivity contribution is 0.425. The fraction of sp³-hybridized carbons (Fsp3) is 0.474. The van der Waals surface area contributed by atoms with Crippen LogP contribution >= 0.6 is 0 Å². The minimum atomic E-state index is 0.896. The topological polar surface area (TPSA) is 12.0 Å². The van der Waals surface area contributed by atoms with Gasteiger partial charge < -0.3 is 5.32 Å². The van der Waals surface area contributed by atoms with E-state index in [1.165, 1.54) is 61.4 Å². The van der Waals surface area contributed by atoms with Crippen LogP contribution < -0.4 is 5.32 Å². The molecule has 1 fully saturated rings. The molecule has 2 aromatic carbocycles. The number of hydrogen-bond acceptors (Lipinski definition) is 1. The number of rotatable bonds is 4. The van der Waals surface area contributed by atoms with Crippen LogP contribution in [0.5, 0.6) is 0 Å². The first-order valence-electron chi connectivity index (χ1n) is 8.11. The first-order valence-corrected chi connectivity index (χ1v) is 8.11. The molecule has 1 saturated carbocycles. The first-order chi connectivity index (χ1) is 9.93. The second-order valence-electron chi connectivity index (χ2n) is 6.13. The van der Waals surface area contributed by atoms with Crippen LogP contribution in [0.25, 0.3) is 10.8 Å². The highest BCUT2D eigenvalue weighted by Crippen LogP contribution is 2.22. The van der Waals surface area contributed by atoms with Gasteiger partial charge in [-0.15, -0.1) is 0 Å². The third-order valence-corrected chi connectivity index (χ3v) is 4.60. The van der Waals surface area contributed by atoms with Gasteiger partial charge in [-0.05, 0) is 41.6 Å². The zero-order chi connectivity index (χ0) is 13.6. The van der Waals surface area contributed by atoms with Gasteiger partial charge in [0.2, 0.25) is 0 Å². The van der Waals surface area contributed by atoms with Crippen LogP contribution in [0.4, 0.5) is 0 Å². The third-order valence-electron chi connectivity index (χ3n) is 4.60. The minimum absolute atomic E-state index is 0.896. The molecule has 0 heterocycles. The molecule has 0 unspecified atom stereocenters. The molecule has 0 atom stereocenters. The van der Waals surface area contributed by atoms with E-state index in [-0.39, 0.29) is 0 Å². The number of fused-ring (bicyclic) bond motifs is 1. The van der Waals surface area contributed by atoms with Crippen LogP contribution in [0.2, 0.25) is 0 Å². The monoisotopic (exact) mass is 267 g/mol. The Balaban J connectivity index is 1.59. The standard InChI is InChI=1S/C19H25N/c1-2-4-9-16(8-3-1)14-20-15-18-12-7-11-17-10-5-6-13-19(17)18/h5-7,10-13,16,20H,1-4,8-9,14-15H2. The van der Waals surface area contributed by atoms with Crippen LogP contribution in [-0.4, -0.2) is 6.54 Å². The highest BCUT2D eigenvalue weighted by molar-refractivity contribution is 5.85. The molecule has 0 saturated heterocycles. The largest absolute Gasteiger partial charge is 0.312 e. The van der Waals surface area contributed by atoms with E-state index < -0.39 is 0 Å². The fourth-order valence-electron chi connectivity index (χ4n) is 3.43. The van der Waals surface area contributed by atoms with E-state index >= 15 is 0 Å². The van der Waals surface area contributed by atoms with Crippen molar-refractivity contribution in [1.29, 1.82) is 0 Å². The summed E-state index contributed by atoms with van der Waals surface area (Å²) in [5, 5.41) is 6.43. The molecular formula is C19H25N. The molecule has 1 nitrogen and oxygen atoms in total. The zero-order valence-electron chi connectivity index (χ0n) is 12.3. The van der Waals surface area contributed by atoms with Crippen molar-refractivity contribution in [3.8, 4) is 0 Å². The van der Waals surface area contributed by atoms with Crippen LogP contribution in [0, 0.1) is 5.92 Å². The molecule has 106 valence electrons. The Hall–Kier alpha value is -1.34. The molecule has 0 bridgehead atoms. The van der Waals surface area contributed by atoms with E-state index in [4.69, 9.17) is 0 Å². The Labute approximate surface area is 122 Å². The Kier molecular flexibility index (Phi) is 4.70. The summed E-state index contributed by atoms with van der Waals surface area (Å²) in [5.41, 5.74) is 1.43. The molecule has 3 rings (SSSR count). The summed E-state index contributed by atoms with van der Waals surface area (Å²) in [4.78, 5) is 0. The van der Waals surface area contributed by atoms with Gasteiger partial charge in [0.05, 0.1) is 0 Å². The molecule has 0 spiro atoms. The summed E-state index contributed by atoms with van der Waals surface area (Å²) in [5.74, 6) is 0.896. The van der Waals surface area contributed by atoms with E-state index in [1.54, 1.807) is 0 Å². The maximum Gasteiger partial charge on any atom is 0.0211 e. The van der Waals surface area contributed by atoms with E-state index in [0.717, 1.165) is 12.5 Å². The predicted molar refractivity (Wildman–Crippen MR) is 86.8 cm³/mol. The lowest BCUT2D eigenvalue weighted by Crippen LogP contribution is -2.22. The van der Waals surface area contributed by atoms with Crippen molar-refractivity contribution >= 4 is 10.8 Å². The second-order valence-corrected chi connectivity index (χ2v) is 6.13. The lowest BCUT2D eigenvalue weighted by Gasteiger charge is -2.15. The first kappa shape index (κ1) is 13.6. The second kappa shape index (κ2) is 6.90. The summed E-state index contributed by atoms with van der Waals surface area (Å²) in [6.07, 6.45) is 8.59. The molecule has 0 radical (unpaired) electrons. The number of hydrogen-bond donors (Lipinski definition) is 1. The van der Waals surface area contributed by atoms with Gasteiger partial charge in [0.1, 0.15) is 0 Å². The molecule has 0 aromatic heterocycles. The highest BCUT2D eigenvalue weighted by Gasteiger charge is 2.11. The number of nitrogens with one attached hydrogen (secondary N) is 1. The SMILES string of the molecule is c1ccc2c(CNCC3CCCCCC3)cccc2c1. The Morgan fingerprint density at radius 3 is 2.45 bits per heavy atom. The van der Waals surface area contributed by atoms with Gasteiger partial charge in [-0.1, -0.05) is 68.1 Å². The van der Waals surface area contributed by atoms with E-state index in [2.05, 4.69) is 47.8 Å². The summed E-state index contributed by atoms with van der Waals surface area (Å²) in [7, 11) is 0. The number of benzene rings is 2. The van der Waals surface area contributed by atoms with E-state index in [1.807, 2.05) is 0 Å². The van der Waals surface area contributed by atoms with Gasteiger partial charge in [0.25, 0.3) is 0 Å². The normalized spacial score (nSPS) is 17.2. The fourth-order valence-corrected chi connectivity index (χ4v) is 3.43. The van der Waals surface area contributed by atoms with Crippen molar-refractivity contribution in [2.45, 2.75) is 45.1 Å². The maximum absolute atomic E-state index is 3.69. The smallest absolute Gasteiger partial charge is 0.0211 e. The van der Waals surface area contributed by atoms with Gasteiger partial charge in [0.15, 0.2) is 0 Å². The van der Waals surface area contributed by atoms with Crippen molar-refractivity contribution < 1.29 is 0 Å². The molecular weight excluding hydrogens is 242 g/mol. The van der Waals surface area contributed by atoms with E-state index in [0.29, 0.717) is 0 Å². The average molecular weight is 267 g/mol. The average Bonchev–Trinajstić information content (AvgIpc) is 2.76. The summed E-state index contributed by atoms with van der Waals surface area (Å²) < 4.78 is 0. The van der Waals surface area contributed by atoms with Gasteiger partial charge in [-0.25, -0.2) is 0 Å². The lowest BCUT2D eigenvalue weighted by atomic mass is 10.00. The Morgan fingerprint density at radius 2 is 1.60 bits per heavy atom. The maximum atomic E-state index is 3.69. The minimum Gasteiger partial charge on any atom is -0.312 e. The molecule has 1 heteroatoms. The van der Waals surface area contributed by atoms with Crippen molar-refractivity contribution in [3.05, 3.63) is 48.0 Å². The van der Waals surface area contributed by atoms with E-state index in [9.17, 15) is 0 Å². The zero-order valence-corrected chi connectivity index (χ0v) is 12.3. The molecule has 2 aromatic rings. The highest BCUT2D eigenvalue weighted by atomic mass is 14.9. The Morgan fingerprint density at radius 1 is 0.850 bits per heavy atom. The van der Waals surface area contributed by atoms with Gasteiger partial charge in [-0.3, -0.25) is 0 Å². The van der Waals surface area contributed by atoms with Crippen molar-refractivity contribution in [2.75, 3.05) is 6.54 Å². The summed E-state index contributed by atoms with van der Waals surface area (Å²) in [6, 6.07) is 15.3. The van der Waals surface area contributed by atoms with Crippen molar-refractivity contribution in [2.24, 2.45) is 5.92 Å². The third kappa shape index (κ3) is 3.40. The van der Waals surface area contributed by atoms with Crippen LogP contribution in [0.15, 0.2) is 42.5 Å². The van der Waals surface area contributed by atoms with Gasteiger partial charge in [-0.2, -0.15) is 0 Å². The molecule has 20 heavy (non-hydrogen) atoms. The quantitative estimate of drug-likeness (QED) is 0.777. The van der Waals surface area contributed by atoms with Crippen LogP contribution in [0.1, 0.15) is 44.1 Å². The predicted octanol–water partition coefficient (Wildman–Crippen LogP) is 4.90. The molecule has 1 aliphatic rings. The van der Waals surface area contributed by atoms with Crippen LogP contribution in [-0.2, 0) is 6.54 Å². The molecule has 1 aliphatic carbocycles. The summed E-state index contributed by atoms with van der Waals surface area (Å²) >= 11 is 0. The van der Waals surface area contributed by atoms with Crippen molar-refractivity contribution in [3.63, 3.8) is 0 Å². The molecule has 0 aliphatic heterocycles. The van der Waals surface area contributed by atoms with Gasteiger partial charge >= 0.3 is 0 Å². The van der Waals surface area contributed by atoms with Crippen molar-refractivity contribution in [1.82, 2.24) is 5.32 Å². The molecule has 0 amide bonds. The molecule has 1 N–H and O–H groups in total.